The number of carbonyl (C=O) groups excluding carboxylic acids is 3. The molecule has 0 radical (unpaired) electrons. The van der Waals surface area contributed by atoms with Crippen molar-refractivity contribution in [3.63, 3.8) is 0 Å². The maximum atomic E-state index is 13.8. The van der Waals surface area contributed by atoms with Gasteiger partial charge in [-0.3, -0.25) is 14.4 Å². The van der Waals surface area contributed by atoms with E-state index in [0.29, 0.717) is 43.5 Å². The Hall–Kier alpha value is -2.66. The Balaban J connectivity index is 1.55. The van der Waals surface area contributed by atoms with Gasteiger partial charge in [0.25, 0.3) is 11.6 Å². The van der Waals surface area contributed by atoms with Gasteiger partial charge in [-0.05, 0) is 43.7 Å². The molecule has 35 heavy (non-hydrogen) atoms. The molecule has 3 rings (SSSR count). The van der Waals surface area contributed by atoms with E-state index in [0.717, 1.165) is 0 Å². The molecule has 2 aliphatic heterocycles. The van der Waals surface area contributed by atoms with Crippen LogP contribution in [0.25, 0.3) is 0 Å². The fraction of sp³-hybridized carbons (Fsp3) is 0.609. The molecule has 12 heteroatoms. The second-order valence-corrected chi connectivity index (χ2v) is 9.29. The predicted octanol–water partition coefficient (Wildman–Crippen LogP) is 4.96. The van der Waals surface area contributed by atoms with Crippen molar-refractivity contribution in [2.24, 2.45) is 5.41 Å². The van der Waals surface area contributed by atoms with Crippen molar-refractivity contribution in [1.29, 1.82) is 0 Å². The molecule has 0 bridgehead atoms. The molecule has 1 aromatic carbocycles. The number of hydrogen-bond donors (Lipinski definition) is 0. The van der Waals surface area contributed by atoms with Gasteiger partial charge in [-0.25, -0.2) is 4.39 Å². The molecule has 1 spiro atoms. The van der Waals surface area contributed by atoms with Crippen LogP contribution >= 0.6 is 0 Å². The van der Waals surface area contributed by atoms with Crippen LogP contribution in [0.2, 0.25) is 0 Å². The summed E-state index contributed by atoms with van der Waals surface area (Å²) in [5.41, 5.74) is -4.95. The number of Topliss-reactive ketones (excluding diaryl/α,β-unsaturated/α-hetero) is 1. The maximum absolute atomic E-state index is 13.8. The monoisotopic (exact) mass is 510 g/mol. The van der Waals surface area contributed by atoms with E-state index in [-0.39, 0.29) is 24.8 Å². The summed E-state index contributed by atoms with van der Waals surface area (Å²) in [5, 5.41) is 0. The number of carbonyl (C=O) groups is 3. The zero-order valence-electron chi connectivity index (χ0n) is 18.9. The first-order valence-corrected chi connectivity index (χ1v) is 11.1. The van der Waals surface area contributed by atoms with Gasteiger partial charge in [0.2, 0.25) is 5.91 Å². The molecule has 2 amide bonds. The van der Waals surface area contributed by atoms with Crippen molar-refractivity contribution >= 4 is 17.6 Å². The number of piperidine rings is 1. The van der Waals surface area contributed by atoms with Gasteiger partial charge in [-0.2, -0.15) is 26.3 Å². The van der Waals surface area contributed by atoms with Crippen LogP contribution in [0.3, 0.4) is 0 Å². The van der Waals surface area contributed by atoms with E-state index in [1.807, 2.05) is 0 Å². The van der Waals surface area contributed by atoms with Crippen LogP contribution in [0.5, 0.6) is 0 Å². The van der Waals surface area contributed by atoms with E-state index >= 15 is 0 Å². The van der Waals surface area contributed by atoms with Crippen molar-refractivity contribution in [3.8, 4) is 0 Å². The summed E-state index contributed by atoms with van der Waals surface area (Å²) in [5.74, 6) is -1.31. The minimum Gasteiger partial charge on any atom is -0.342 e. The lowest BCUT2D eigenvalue weighted by molar-refractivity contribution is -0.343. The minimum atomic E-state index is -6.18. The molecule has 0 aliphatic carbocycles. The molecule has 0 unspecified atom stereocenters. The summed E-state index contributed by atoms with van der Waals surface area (Å²) >= 11 is 0. The second-order valence-electron chi connectivity index (χ2n) is 9.29. The zero-order valence-corrected chi connectivity index (χ0v) is 18.9. The minimum absolute atomic E-state index is 0.127. The zero-order chi connectivity index (χ0) is 26.2. The smallest absolute Gasteiger partial charge is 0.342 e. The summed E-state index contributed by atoms with van der Waals surface area (Å²) in [7, 11) is 0. The number of ketones is 1. The summed E-state index contributed by atoms with van der Waals surface area (Å²) in [4.78, 5) is 39.3. The number of hydrogen-bond acceptors (Lipinski definition) is 3. The first-order valence-electron chi connectivity index (χ1n) is 11.1. The molecule has 194 valence electrons. The maximum Gasteiger partial charge on any atom is 0.431 e. The molecule has 2 saturated heterocycles. The van der Waals surface area contributed by atoms with E-state index in [4.69, 9.17) is 0 Å². The molecule has 0 atom stereocenters. The van der Waals surface area contributed by atoms with Gasteiger partial charge in [-0.15, -0.1) is 0 Å². The Morgan fingerprint density at radius 2 is 1.26 bits per heavy atom. The van der Waals surface area contributed by atoms with Crippen molar-refractivity contribution in [2.75, 3.05) is 26.2 Å². The quantitative estimate of drug-likeness (QED) is 0.416. The summed E-state index contributed by atoms with van der Waals surface area (Å²) in [6.45, 7) is 2.43. The van der Waals surface area contributed by atoms with Crippen LogP contribution in [-0.4, -0.2) is 71.6 Å². The molecular formula is C23H25F7N2O3. The molecule has 2 fully saturated rings. The van der Waals surface area contributed by atoms with Gasteiger partial charge in [-0.1, -0.05) is 12.1 Å². The highest BCUT2D eigenvalue weighted by Gasteiger charge is 2.72. The van der Waals surface area contributed by atoms with E-state index in [9.17, 15) is 45.1 Å². The number of halogens is 7. The van der Waals surface area contributed by atoms with Crippen LogP contribution in [0.1, 0.15) is 59.7 Å². The Morgan fingerprint density at radius 3 is 1.71 bits per heavy atom. The van der Waals surface area contributed by atoms with E-state index < -0.39 is 42.2 Å². The average Bonchev–Trinajstić information content (AvgIpc) is 3.19. The third-order valence-electron chi connectivity index (χ3n) is 7.02. The first kappa shape index (κ1) is 26.9. The number of benzene rings is 1. The lowest BCUT2D eigenvalue weighted by Gasteiger charge is -2.39. The Bertz CT molecular complexity index is 951. The summed E-state index contributed by atoms with van der Waals surface area (Å²) in [6.07, 6.45) is -14.1. The molecule has 2 heterocycles. The van der Waals surface area contributed by atoms with Gasteiger partial charge in [0.05, 0.1) is 0 Å². The third-order valence-corrected chi connectivity index (χ3v) is 7.02. The highest BCUT2D eigenvalue weighted by atomic mass is 19.4. The van der Waals surface area contributed by atoms with Crippen LogP contribution < -0.4 is 0 Å². The number of nitrogens with zero attached hydrogens (tertiary/aromatic N) is 2. The van der Waals surface area contributed by atoms with Crippen molar-refractivity contribution in [2.45, 2.75) is 57.0 Å². The number of amides is 2. The second kappa shape index (κ2) is 9.42. The first-order chi connectivity index (χ1) is 16.1. The van der Waals surface area contributed by atoms with Gasteiger partial charge in [0.1, 0.15) is 0 Å². The molecule has 0 saturated carbocycles. The van der Waals surface area contributed by atoms with Gasteiger partial charge in [0.15, 0.2) is 5.78 Å². The lowest BCUT2D eigenvalue weighted by atomic mass is 9.77. The predicted molar refractivity (Wildman–Crippen MR) is 110 cm³/mol. The molecule has 5 nitrogen and oxygen atoms in total. The Labute approximate surface area is 197 Å². The highest BCUT2D eigenvalue weighted by molar-refractivity contribution is 5.97. The topological polar surface area (TPSA) is 57.7 Å². The molecular weight excluding hydrogens is 485 g/mol. The van der Waals surface area contributed by atoms with E-state index in [1.165, 1.54) is 11.8 Å². The SMILES string of the molecule is CC(=O)c1ccc(C(=O)N2CCC3(CCN(C(=O)CCC(F)(C(F)(F)F)C(F)(F)F)C3)CC2)cc1. The Morgan fingerprint density at radius 1 is 0.800 bits per heavy atom. The van der Waals surface area contributed by atoms with Crippen molar-refractivity contribution in [1.82, 2.24) is 9.80 Å². The Kier molecular flexibility index (Phi) is 7.25. The summed E-state index contributed by atoms with van der Waals surface area (Å²) in [6, 6.07) is 6.24. The largest absolute Gasteiger partial charge is 0.431 e. The van der Waals surface area contributed by atoms with Crippen LogP contribution in [0.4, 0.5) is 30.7 Å². The van der Waals surface area contributed by atoms with Crippen LogP contribution in [0.15, 0.2) is 24.3 Å². The standard InChI is InChI=1S/C23H25F7N2O3/c1-15(33)16-2-4-17(5-3-16)19(35)31-11-8-20(9-12-31)10-13-32(14-20)18(34)6-7-21(24,22(25,26)27)23(28,29)30/h2-5H,6-14H2,1H3. The molecule has 1 aromatic rings. The molecule has 0 aromatic heterocycles. The van der Waals surface area contributed by atoms with E-state index in [2.05, 4.69) is 0 Å². The fourth-order valence-corrected chi connectivity index (χ4v) is 4.65. The van der Waals surface area contributed by atoms with Crippen LogP contribution in [-0.2, 0) is 4.79 Å². The lowest BCUT2D eigenvalue weighted by Crippen LogP contribution is -2.53. The summed E-state index contributed by atoms with van der Waals surface area (Å²) < 4.78 is 90.2. The number of alkyl halides is 7. The normalized spacial score (nSPS) is 18.7. The van der Waals surface area contributed by atoms with Gasteiger partial charge >= 0.3 is 12.4 Å². The van der Waals surface area contributed by atoms with Crippen LogP contribution in [0, 0.1) is 5.41 Å². The molecule has 0 N–H and O–H groups in total. The molecule has 2 aliphatic rings. The number of rotatable bonds is 5. The van der Waals surface area contributed by atoms with Crippen molar-refractivity contribution < 1.29 is 45.1 Å². The fourth-order valence-electron chi connectivity index (χ4n) is 4.65. The highest BCUT2D eigenvalue weighted by Crippen LogP contribution is 2.49. The van der Waals surface area contributed by atoms with Gasteiger partial charge in [0, 0.05) is 50.1 Å². The van der Waals surface area contributed by atoms with Gasteiger partial charge < -0.3 is 9.80 Å². The average molecular weight is 510 g/mol. The third kappa shape index (κ3) is 5.45. The van der Waals surface area contributed by atoms with E-state index in [1.54, 1.807) is 29.2 Å². The number of likely N-dealkylation sites (tertiary alicyclic amines) is 2. The van der Waals surface area contributed by atoms with Crippen molar-refractivity contribution in [3.05, 3.63) is 35.4 Å².